The molecule has 13 heteroatoms. The van der Waals surface area contributed by atoms with Gasteiger partial charge in [-0.3, -0.25) is 0 Å². The minimum absolute atomic E-state index is 0.0246. The molecule has 1 aliphatic heterocycles. The van der Waals surface area contributed by atoms with Crippen LogP contribution in [0.5, 0.6) is 11.6 Å². The summed E-state index contributed by atoms with van der Waals surface area (Å²) in [5, 5.41) is 13.1. The van der Waals surface area contributed by atoms with E-state index in [1.165, 1.54) is 18.2 Å². The zero-order chi connectivity index (χ0) is 35.3. The molecule has 0 bridgehead atoms. The maximum atomic E-state index is 13.4. The van der Waals surface area contributed by atoms with E-state index < -0.39 is 16.0 Å². The standard InChI is InChI=1S/C36H44N6O6S/c1-21(2)15-25-13-14-29(34-37-18-27(19-38-34)48-22(3)4)39-31(25)20-47-32-17-30(33-23(5)9-7-10-24(33)6)40-36(41-32)42-49(45,46)28-12-8-11-26(16-28)35(43)44/h7-12,16-19,21-22,25,29,31,39H,13-15,20H2,1-6H3,(H,43,44)(H,40,41,42). The van der Waals surface area contributed by atoms with Crippen molar-refractivity contribution in [3.8, 4) is 22.9 Å². The largest absolute Gasteiger partial charge is 0.488 e. The molecule has 4 aromatic rings. The van der Waals surface area contributed by atoms with Gasteiger partial charge in [-0.1, -0.05) is 38.1 Å². The third-order valence-corrected chi connectivity index (χ3v) is 9.71. The fraction of sp³-hybridized carbons (Fsp3) is 0.417. The molecule has 1 saturated heterocycles. The number of carboxylic acid groups (broad SMARTS) is 1. The second kappa shape index (κ2) is 15.3. The van der Waals surface area contributed by atoms with Gasteiger partial charge in [0.2, 0.25) is 11.8 Å². The number of aromatic carboxylic acids is 1. The molecule has 2 aromatic carbocycles. The van der Waals surface area contributed by atoms with Crippen LogP contribution in [0.4, 0.5) is 5.95 Å². The first-order chi connectivity index (χ1) is 23.3. The molecule has 1 fully saturated rings. The summed E-state index contributed by atoms with van der Waals surface area (Å²) >= 11 is 0. The molecule has 3 heterocycles. The number of ether oxygens (including phenoxy) is 2. The molecule has 2 aromatic heterocycles. The summed E-state index contributed by atoms with van der Waals surface area (Å²) in [5.41, 5.74) is 3.07. The summed E-state index contributed by atoms with van der Waals surface area (Å²) in [4.78, 5) is 29.5. The number of aryl methyl sites for hydroxylation is 2. The lowest BCUT2D eigenvalue weighted by Crippen LogP contribution is -2.47. The fourth-order valence-corrected chi connectivity index (χ4v) is 7.21. The number of rotatable bonds is 13. The van der Waals surface area contributed by atoms with Gasteiger partial charge < -0.3 is 19.9 Å². The van der Waals surface area contributed by atoms with Crippen LogP contribution in [0, 0.1) is 25.7 Å². The van der Waals surface area contributed by atoms with Crippen LogP contribution in [0.2, 0.25) is 0 Å². The van der Waals surface area contributed by atoms with Gasteiger partial charge in [0.15, 0.2) is 5.75 Å². The first kappa shape index (κ1) is 35.7. The summed E-state index contributed by atoms with van der Waals surface area (Å²) in [6.45, 7) is 12.5. The zero-order valence-electron chi connectivity index (χ0n) is 28.7. The molecule has 0 spiro atoms. The van der Waals surface area contributed by atoms with Crippen LogP contribution in [0.1, 0.15) is 80.3 Å². The van der Waals surface area contributed by atoms with Crippen molar-refractivity contribution < 1.29 is 27.8 Å². The van der Waals surface area contributed by atoms with Crippen molar-refractivity contribution in [1.82, 2.24) is 25.3 Å². The molecule has 0 radical (unpaired) electrons. The Labute approximate surface area is 287 Å². The zero-order valence-corrected chi connectivity index (χ0v) is 29.5. The quantitative estimate of drug-likeness (QED) is 0.143. The van der Waals surface area contributed by atoms with E-state index in [4.69, 9.17) is 9.47 Å². The molecule has 0 saturated carbocycles. The van der Waals surface area contributed by atoms with Gasteiger partial charge in [-0.15, -0.1) is 0 Å². The number of nitrogens with zero attached hydrogens (tertiary/aromatic N) is 4. The number of piperidine rings is 1. The SMILES string of the molecule is Cc1cccc(C)c1-c1cc(OCC2NC(c3ncc(OC(C)C)cn3)CCC2CC(C)C)nc(NS(=O)(=O)c2cccc(C(=O)O)c2)n1. The van der Waals surface area contributed by atoms with Crippen molar-refractivity contribution in [1.29, 1.82) is 0 Å². The van der Waals surface area contributed by atoms with Gasteiger partial charge in [-0.2, -0.15) is 4.98 Å². The number of hydrogen-bond donors (Lipinski definition) is 3. The van der Waals surface area contributed by atoms with Gasteiger partial charge in [-0.05, 0) is 88.1 Å². The van der Waals surface area contributed by atoms with Crippen LogP contribution in [-0.2, 0) is 10.0 Å². The lowest BCUT2D eigenvalue weighted by Gasteiger charge is -2.37. The highest BCUT2D eigenvalue weighted by atomic mass is 32.2. The van der Waals surface area contributed by atoms with Crippen LogP contribution in [0.3, 0.4) is 0 Å². The second-order valence-corrected chi connectivity index (χ2v) is 14.9. The first-order valence-electron chi connectivity index (χ1n) is 16.5. The van der Waals surface area contributed by atoms with Gasteiger partial charge in [-0.25, -0.2) is 32.9 Å². The number of hydrogen-bond acceptors (Lipinski definition) is 10. The molecular formula is C36H44N6O6S. The molecule has 12 nitrogen and oxygen atoms in total. The predicted octanol–water partition coefficient (Wildman–Crippen LogP) is 6.37. The number of carbonyl (C=O) groups is 1. The summed E-state index contributed by atoms with van der Waals surface area (Å²) < 4.78 is 41.4. The highest BCUT2D eigenvalue weighted by Crippen LogP contribution is 2.33. The van der Waals surface area contributed by atoms with Gasteiger partial charge in [0, 0.05) is 17.7 Å². The highest BCUT2D eigenvalue weighted by Gasteiger charge is 2.33. The minimum atomic E-state index is -4.24. The smallest absolute Gasteiger partial charge is 0.335 e. The predicted molar refractivity (Wildman–Crippen MR) is 186 cm³/mol. The molecule has 5 rings (SSSR count). The molecule has 3 atom stereocenters. The van der Waals surface area contributed by atoms with Crippen molar-refractivity contribution in [2.75, 3.05) is 11.3 Å². The normalized spacial score (nSPS) is 18.0. The van der Waals surface area contributed by atoms with Crippen molar-refractivity contribution in [3.05, 3.63) is 83.4 Å². The number of aromatic nitrogens is 4. The molecule has 260 valence electrons. The van der Waals surface area contributed by atoms with E-state index in [0.717, 1.165) is 42.0 Å². The van der Waals surface area contributed by atoms with Crippen molar-refractivity contribution in [2.24, 2.45) is 11.8 Å². The topological polar surface area (TPSA) is 166 Å². The van der Waals surface area contributed by atoms with Crippen molar-refractivity contribution in [2.45, 2.75) is 83.9 Å². The van der Waals surface area contributed by atoms with Gasteiger partial charge in [0.05, 0.1) is 40.7 Å². The monoisotopic (exact) mass is 688 g/mol. The van der Waals surface area contributed by atoms with E-state index >= 15 is 0 Å². The van der Waals surface area contributed by atoms with Crippen LogP contribution >= 0.6 is 0 Å². The molecular weight excluding hydrogens is 644 g/mol. The van der Waals surface area contributed by atoms with Crippen molar-refractivity contribution in [3.63, 3.8) is 0 Å². The van der Waals surface area contributed by atoms with E-state index in [-0.39, 0.29) is 47.1 Å². The van der Waals surface area contributed by atoms with Gasteiger partial charge >= 0.3 is 5.97 Å². The first-order valence-corrected chi connectivity index (χ1v) is 18.0. The summed E-state index contributed by atoms with van der Waals surface area (Å²) in [6.07, 6.45) is 6.25. The van der Waals surface area contributed by atoms with Crippen LogP contribution in [-0.4, -0.2) is 58.2 Å². The Balaban J connectivity index is 1.44. The summed E-state index contributed by atoms with van der Waals surface area (Å²) in [7, 11) is -4.24. The van der Waals surface area contributed by atoms with Crippen LogP contribution in [0.15, 0.2) is 65.8 Å². The Morgan fingerprint density at radius 2 is 1.69 bits per heavy atom. The van der Waals surface area contributed by atoms with E-state index in [1.54, 1.807) is 18.5 Å². The van der Waals surface area contributed by atoms with Gasteiger partial charge in [0.25, 0.3) is 10.0 Å². The van der Waals surface area contributed by atoms with E-state index in [9.17, 15) is 18.3 Å². The Bertz CT molecular complexity index is 1860. The molecule has 0 amide bonds. The maximum absolute atomic E-state index is 13.4. The average Bonchev–Trinajstić information content (AvgIpc) is 3.04. The van der Waals surface area contributed by atoms with E-state index in [2.05, 4.69) is 43.8 Å². The summed E-state index contributed by atoms with van der Waals surface area (Å²) in [6, 6.07) is 12.5. The summed E-state index contributed by atoms with van der Waals surface area (Å²) in [5.74, 6) is 0.872. The molecule has 0 aliphatic carbocycles. The molecule has 3 unspecified atom stereocenters. The minimum Gasteiger partial charge on any atom is -0.488 e. The lowest BCUT2D eigenvalue weighted by molar-refractivity contribution is 0.0696. The highest BCUT2D eigenvalue weighted by molar-refractivity contribution is 7.92. The fourth-order valence-electron chi connectivity index (χ4n) is 6.22. The number of nitrogens with one attached hydrogen (secondary N) is 2. The number of carboxylic acids is 1. The average molecular weight is 689 g/mol. The van der Waals surface area contributed by atoms with E-state index in [0.29, 0.717) is 29.1 Å². The van der Waals surface area contributed by atoms with Gasteiger partial charge in [0.1, 0.15) is 12.4 Å². The van der Waals surface area contributed by atoms with Crippen molar-refractivity contribution >= 4 is 21.9 Å². The Morgan fingerprint density at radius 3 is 2.35 bits per heavy atom. The van der Waals surface area contributed by atoms with E-state index in [1.807, 2.05) is 45.9 Å². The Kier molecular flexibility index (Phi) is 11.1. The molecule has 3 N–H and O–H groups in total. The molecule has 49 heavy (non-hydrogen) atoms. The number of sulfonamides is 1. The third kappa shape index (κ3) is 9.09. The van der Waals surface area contributed by atoms with Crippen LogP contribution < -0.4 is 19.5 Å². The number of benzene rings is 2. The lowest BCUT2D eigenvalue weighted by atomic mass is 9.82. The maximum Gasteiger partial charge on any atom is 0.335 e. The Morgan fingerprint density at radius 1 is 1.00 bits per heavy atom. The number of anilines is 1. The third-order valence-electron chi connectivity index (χ3n) is 8.38. The Hall–Kier alpha value is -4.62. The second-order valence-electron chi connectivity index (χ2n) is 13.2. The molecule has 1 aliphatic rings. The van der Waals surface area contributed by atoms with Crippen LogP contribution in [0.25, 0.3) is 11.3 Å².